The van der Waals surface area contributed by atoms with E-state index in [0.717, 1.165) is 68.9 Å². The maximum atomic E-state index is 5.65. The fourth-order valence-electron chi connectivity index (χ4n) is 2.58. The Labute approximate surface area is 175 Å². The van der Waals surface area contributed by atoms with Crippen molar-refractivity contribution in [1.29, 1.82) is 0 Å². The molecule has 2 N–H and O–H groups in total. The van der Waals surface area contributed by atoms with Gasteiger partial charge < -0.3 is 20.1 Å². The lowest BCUT2D eigenvalue weighted by Gasteiger charge is -2.12. The minimum absolute atomic E-state index is 0. The Balaban J connectivity index is 0.00000338. The number of methoxy groups -OCH3 is 1. The van der Waals surface area contributed by atoms with Crippen molar-refractivity contribution in [3.63, 3.8) is 0 Å². The van der Waals surface area contributed by atoms with E-state index in [-0.39, 0.29) is 24.0 Å². The Morgan fingerprint density at radius 1 is 1.27 bits per heavy atom. The molecule has 1 aliphatic carbocycles. The average Bonchev–Trinajstić information content (AvgIpc) is 3.43. The smallest absolute Gasteiger partial charge is 0.191 e. The van der Waals surface area contributed by atoms with Gasteiger partial charge in [0, 0.05) is 32.8 Å². The van der Waals surface area contributed by atoms with Crippen molar-refractivity contribution in [3.8, 4) is 5.75 Å². The van der Waals surface area contributed by atoms with E-state index < -0.39 is 0 Å². The van der Waals surface area contributed by atoms with Crippen LogP contribution in [0.1, 0.15) is 37.3 Å². The lowest BCUT2D eigenvalue weighted by Crippen LogP contribution is -2.38. The molecule has 0 aliphatic heterocycles. The third-order valence-corrected chi connectivity index (χ3v) is 4.29. The van der Waals surface area contributed by atoms with E-state index >= 15 is 0 Å². The fraction of sp³-hybridized carbons (Fsp3) is 0.650. The van der Waals surface area contributed by atoms with Gasteiger partial charge in [-0.05, 0) is 62.6 Å². The molecule has 1 aromatic carbocycles. The summed E-state index contributed by atoms with van der Waals surface area (Å²) in [6.45, 7) is 8.38. The SMILES string of the molecule is CCNC(=NCCCOCC1CC1)NCCc1ccc(C)c(OC)c1.I. The molecule has 0 amide bonds. The number of ether oxygens (including phenoxy) is 2. The first kappa shape index (κ1) is 23.0. The molecule has 0 atom stereocenters. The van der Waals surface area contributed by atoms with Crippen molar-refractivity contribution in [3.05, 3.63) is 29.3 Å². The third kappa shape index (κ3) is 9.07. The van der Waals surface area contributed by atoms with Crippen LogP contribution in [0.4, 0.5) is 0 Å². The fourth-order valence-corrected chi connectivity index (χ4v) is 2.58. The van der Waals surface area contributed by atoms with E-state index in [2.05, 4.69) is 47.7 Å². The number of aryl methyl sites for hydroxylation is 1. The summed E-state index contributed by atoms with van der Waals surface area (Å²) in [7, 11) is 1.72. The maximum Gasteiger partial charge on any atom is 0.191 e. The molecule has 148 valence electrons. The average molecular weight is 475 g/mol. The molecule has 1 saturated carbocycles. The molecular weight excluding hydrogens is 441 g/mol. The summed E-state index contributed by atoms with van der Waals surface area (Å²) in [5.74, 6) is 2.66. The van der Waals surface area contributed by atoms with Crippen LogP contribution >= 0.6 is 24.0 Å². The zero-order chi connectivity index (χ0) is 17.9. The molecule has 5 nitrogen and oxygen atoms in total. The molecule has 0 spiro atoms. The van der Waals surface area contributed by atoms with Crippen molar-refractivity contribution in [2.45, 2.75) is 39.5 Å². The molecule has 0 radical (unpaired) electrons. The second kappa shape index (κ2) is 13.2. The number of aliphatic imine (C=N–C) groups is 1. The molecule has 1 aromatic rings. The third-order valence-electron chi connectivity index (χ3n) is 4.29. The molecule has 0 unspecified atom stereocenters. The summed E-state index contributed by atoms with van der Waals surface area (Å²) >= 11 is 0. The number of nitrogens with one attached hydrogen (secondary N) is 2. The highest BCUT2D eigenvalue weighted by molar-refractivity contribution is 14.0. The Hall–Kier alpha value is -1.02. The highest BCUT2D eigenvalue weighted by atomic mass is 127. The summed E-state index contributed by atoms with van der Waals surface area (Å²) in [4.78, 5) is 4.61. The first-order chi connectivity index (χ1) is 12.2. The Morgan fingerprint density at radius 3 is 2.77 bits per heavy atom. The lowest BCUT2D eigenvalue weighted by molar-refractivity contribution is 0.123. The number of rotatable bonds is 11. The van der Waals surface area contributed by atoms with Gasteiger partial charge in [-0.1, -0.05) is 12.1 Å². The lowest BCUT2D eigenvalue weighted by atomic mass is 10.1. The molecule has 1 aliphatic rings. The monoisotopic (exact) mass is 475 g/mol. The number of nitrogens with zero attached hydrogens (tertiary/aromatic N) is 1. The molecule has 1 fully saturated rings. The summed E-state index contributed by atoms with van der Waals surface area (Å²) in [5, 5.41) is 6.69. The van der Waals surface area contributed by atoms with Crippen LogP contribution in [0.15, 0.2) is 23.2 Å². The first-order valence-electron chi connectivity index (χ1n) is 9.46. The van der Waals surface area contributed by atoms with Crippen LogP contribution in [0.3, 0.4) is 0 Å². The summed E-state index contributed by atoms with van der Waals surface area (Å²) in [6, 6.07) is 6.37. The second-order valence-electron chi connectivity index (χ2n) is 6.61. The number of hydrogen-bond donors (Lipinski definition) is 2. The largest absolute Gasteiger partial charge is 0.496 e. The topological polar surface area (TPSA) is 54.9 Å². The predicted molar refractivity (Wildman–Crippen MR) is 119 cm³/mol. The zero-order valence-corrected chi connectivity index (χ0v) is 18.7. The van der Waals surface area contributed by atoms with E-state index in [9.17, 15) is 0 Å². The van der Waals surface area contributed by atoms with Crippen molar-refractivity contribution >= 4 is 29.9 Å². The number of halogens is 1. The number of benzene rings is 1. The van der Waals surface area contributed by atoms with Gasteiger partial charge in [0.1, 0.15) is 5.75 Å². The Morgan fingerprint density at radius 2 is 2.08 bits per heavy atom. The van der Waals surface area contributed by atoms with E-state index in [1.807, 2.05) is 0 Å². The van der Waals surface area contributed by atoms with Crippen molar-refractivity contribution in [2.75, 3.05) is 40.0 Å². The highest BCUT2D eigenvalue weighted by Crippen LogP contribution is 2.28. The van der Waals surface area contributed by atoms with Crippen molar-refractivity contribution < 1.29 is 9.47 Å². The number of hydrogen-bond acceptors (Lipinski definition) is 3. The summed E-state index contributed by atoms with van der Waals surface area (Å²) in [5.41, 5.74) is 2.43. The van der Waals surface area contributed by atoms with Crippen LogP contribution in [-0.2, 0) is 11.2 Å². The molecule has 6 heteroatoms. The molecule has 26 heavy (non-hydrogen) atoms. The second-order valence-corrected chi connectivity index (χ2v) is 6.61. The van der Waals surface area contributed by atoms with Gasteiger partial charge in [-0.15, -0.1) is 24.0 Å². The van der Waals surface area contributed by atoms with Gasteiger partial charge in [-0.2, -0.15) is 0 Å². The summed E-state index contributed by atoms with van der Waals surface area (Å²) < 4.78 is 11.0. The van der Waals surface area contributed by atoms with Crippen LogP contribution in [0.5, 0.6) is 5.75 Å². The molecule has 2 rings (SSSR count). The molecule has 0 heterocycles. The Bertz CT molecular complexity index is 548. The van der Waals surface area contributed by atoms with Gasteiger partial charge in [0.25, 0.3) is 0 Å². The van der Waals surface area contributed by atoms with E-state index in [0.29, 0.717) is 0 Å². The van der Waals surface area contributed by atoms with Crippen LogP contribution in [-0.4, -0.2) is 45.9 Å². The van der Waals surface area contributed by atoms with Crippen LogP contribution < -0.4 is 15.4 Å². The van der Waals surface area contributed by atoms with Gasteiger partial charge in [-0.25, -0.2) is 0 Å². The van der Waals surface area contributed by atoms with Crippen LogP contribution in [0.2, 0.25) is 0 Å². The molecule has 0 saturated heterocycles. The van der Waals surface area contributed by atoms with Crippen molar-refractivity contribution in [1.82, 2.24) is 10.6 Å². The highest BCUT2D eigenvalue weighted by Gasteiger charge is 2.20. The predicted octanol–water partition coefficient (Wildman–Crippen LogP) is 3.54. The van der Waals surface area contributed by atoms with Gasteiger partial charge in [0.2, 0.25) is 0 Å². The normalized spacial score (nSPS) is 13.9. The van der Waals surface area contributed by atoms with E-state index in [1.54, 1.807) is 7.11 Å². The van der Waals surface area contributed by atoms with E-state index in [4.69, 9.17) is 9.47 Å². The van der Waals surface area contributed by atoms with Crippen LogP contribution in [0, 0.1) is 12.8 Å². The zero-order valence-electron chi connectivity index (χ0n) is 16.3. The standard InChI is InChI=1S/C20H33N3O2.HI/c1-4-21-20(22-11-5-13-25-15-18-8-9-18)23-12-10-17-7-6-16(2)19(14-17)24-3;/h6-7,14,18H,4-5,8-13,15H2,1-3H3,(H2,21,22,23);1H. The summed E-state index contributed by atoms with van der Waals surface area (Å²) in [6.07, 6.45) is 4.60. The van der Waals surface area contributed by atoms with Gasteiger partial charge in [0.05, 0.1) is 7.11 Å². The quantitative estimate of drug-likeness (QED) is 0.223. The van der Waals surface area contributed by atoms with Gasteiger partial charge >= 0.3 is 0 Å². The minimum Gasteiger partial charge on any atom is -0.496 e. The maximum absolute atomic E-state index is 5.65. The van der Waals surface area contributed by atoms with E-state index in [1.165, 1.54) is 18.4 Å². The molecular formula is C20H34IN3O2. The first-order valence-corrected chi connectivity index (χ1v) is 9.46. The minimum atomic E-state index is 0. The number of guanidine groups is 1. The van der Waals surface area contributed by atoms with Crippen LogP contribution in [0.25, 0.3) is 0 Å². The molecule has 0 aromatic heterocycles. The van der Waals surface area contributed by atoms with Gasteiger partial charge in [0.15, 0.2) is 5.96 Å². The Kier molecular flexibility index (Phi) is 11.7. The van der Waals surface area contributed by atoms with Crippen molar-refractivity contribution in [2.24, 2.45) is 10.9 Å². The molecule has 0 bridgehead atoms. The van der Waals surface area contributed by atoms with Gasteiger partial charge in [-0.3, -0.25) is 4.99 Å².